The van der Waals surface area contributed by atoms with Crippen molar-refractivity contribution >= 4 is 11.3 Å². The van der Waals surface area contributed by atoms with Crippen LogP contribution in [0.4, 0.5) is 0 Å². The molecule has 0 radical (unpaired) electrons. The maximum absolute atomic E-state index is 9.33. The Labute approximate surface area is 119 Å². The molecule has 3 heteroatoms. The summed E-state index contributed by atoms with van der Waals surface area (Å²) in [6.07, 6.45) is 0.868. The van der Waals surface area contributed by atoms with E-state index in [-0.39, 0.29) is 12.0 Å². The van der Waals surface area contributed by atoms with Crippen LogP contribution in [-0.2, 0) is 18.4 Å². The number of thiazole rings is 1. The number of hydrogen-bond donors (Lipinski definition) is 1. The zero-order valence-electron chi connectivity index (χ0n) is 12.0. The van der Waals surface area contributed by atoms with Gasteiger partial charge >= 0.3 is 0 Å². The minimum absolute atomic E-state index is 0.0842. The summed E-state index contributed by atoms with van der Waals surface area (Å²) in [5.74, 6) is 0. The van der Waals surface area contributed by atoms with Crippen molar-refractivity contribution in [3.63, 3.8) is 0 Å². The molecule has 2 nitrogen and oxygen atoms in total. The summed E-state index contributed by atoms with van der Waals surface area (Å²) >= 11 is 1.59. The Bertz CT molecular complexity index is 528. The van der Waals surface area contributed by atoms with E-state index in [2.05, 4.69) is 56.9 Å². The Kier molecular flexibility index (Phi) is 4.07. The molecule has 0 saturated heterocycles. The first-order valence-corrected chi connectivity index (χ1v) is 7.47. The molecular formula is C16H21NOS. The number of aryl methyl sites for hydroxylation is 1. The Morgan fingerprint density at radius 3 is 2.21 bits per heavy atom. The number of benzene rings is 1. The SMILES string of the molecule is CCc1nc(-c2ccc(C(C)(C)C)cc2)sc1CO. The predicted octanol–water partition coefficient (Wildman–Crippen LogP) is 4.16. The molecular weight excluding hydrogens is 254 g/mol. The molecule has 1 aromatic heterocycles. The summed E-state index contributed by atoms with van der Waals surface area (Å²) in [7, 11) is 0. The van der Waals surface area contributed by atoms with Crippen LogP contribution in [0, 0.1) is 0 Å². The van der Waals surface area contributed by atoms with Gasteiger partial charge in [-0.15, -0.1) is 11.3 Å². The average Bonchev–Trinajstić information content (AvgIpc) is 2.81. The summed E-state index contributed by atoms with van der Waals surface area (Å²) < 4.78 is 0. The van der Waals surface area contributed by atoms with Gasteiger partial charge in [-0.2, -0.15) is 0 Å². The van der Waals surface area contributed by atoms with Gasteiger partial charge in [0.2, 0.25) is 0 Å². The molecule has 0 aliphatic heterocycles. The first-order chi connectivity index (χ1) is 8.95. The van der Waals surface area contributed by atoms with Crippen LogP contribution in [0.5, 0.6) is 0 Å². The highest BCUT2D eigenvalue weighted by molar-refractivity contribution is 7.15. The Morgan fingerprint density at radius 1 is 1.16 bits per heavy atom. The van der Waals surface area contributed by atoms with E-state index in [1.165, 1.54) is 5.56 Å². The van der Waals surface area contributed by atoms with E-state index in [1.54, 1.807) is 11.3 Å². The standard InChI is InChI=1S/C16H21NOS/c1-5-13-14(10-18)19-15(17-13)11-6-8-12(9-7-11)16(2,3)4/h6-9,18H,5,10H2,1-4H3. The van der Waals surface area contributed by atoms with Gasteiger partial charge in [-0.05, 0) is 17.4 Å². The fourth-order valence-electron chi connectivity index (χ4n) is 2.02. The van der Waals surface area contributed by atoms with Crippen molar-refractivity contribution in [2.24, 2.45) is 0 Å². The van der Waals surface area contributed by atoms with Gasteiger partial charge in [0.15, 0.2) is 0 Å². The highest BCUT2D eigenvalue weighted by Gasteiger charge is 2.14. The van der Waals surface area contributed by atoms with Crippen LogP contribution in [0.1, 0.15) is 43.8 Å². The smallest absolute Gasteiger partial charge is 0.123 e. The number of nitrogens with zero attached hydrogens (tertiary/aromatic N) is 1. The molecule has 2 aromatic rings. The highest BCUT2D eigenvalue weighted by atomic mass is 32.1. The molecule has 0 atom stereocenters. The van der Waals surface area contributed by atoms with Gasteiger partial charge in [0.1, 0.15) is 5.01 Å². The molecule has 0 aliphatic rings. The van der Waals surface area contributed by atoms with E-state index in [1.807, 2.05) is 0 Å². The molecule has 0 fully saturated rings. The predicted molar refractivity (Wildman–Crippen MR) is 81.6 cm³/mol. The molecule has 102 valence electrons. The molecule has 1 heterocycles. The van der Waals surface area contributed by atoms with Crippen molar-refractivity contribution in [1.29, 1.82) is 0 Å². The molecule has 0 aliphatic carbocycles. The summed E-state index contributed by atoms with van der Waals surface area (Å²) in [6, 6.07) is 8.59. The van der Waals surface area contributed by atoms with E-state index >= 15 is 0 Å². The van der Waals surface area contributed by atoms with Crippen LogP contribution in [0.2, 0.25) is 0 Å². The lowest BCUT2D eigenvalue weighted by atomic mass is 9.87. The molecule has 1 N–H and O–H groups in total. The first-order valence-electron chi connectivity index (χ1n) is 6.66. The summed E-state index contributed by atoms with van der Waals surface area (Å²) in [6.45, 7) is 8.79. The Morgan fingerprint density at radius 2 is 1.79 bits per heavy atom. The second kappa shape index (κ2) is 5.43. The fraction of sp³-hybridized carbons (Fsp3) is 0.438. The van der Waals surface area contributed by atoms with E-state index in [4.69, 9.17) is 0 Å². The van der Waals surface area contributed by atoms with Crippen molar-refractivity contribution in [2.45, 2.75) is 46.1 Å². The third-order valence-corrected chi connectivity index (χ3v) is 4.39. The van der Waals surface area contributed by atoms with Crippen LogP contribution >= 0.6 is 11.3 Å². The lowest BCUT2D eigenvalue weighted by molar-refractivity contribution is 0.284. The summed E-state index contributed by atoms with van der Waals surface area (Å²) in [5.41, 5.74) is 3.65. The number of aromatic nitrogens is 1. The van der Waals surface area contributed by atoms with Gasteiger partial charge in [0.05, 0.1) is 17.2 Å². The van der Waals surface area contributed by atoms with Gasteiger partial charge in [-0.1, -0.05) is 52.0 Å². The molecule has 0 saturated carbocycles. The van der Waals surface area contributed by atoms with Gasteiger partial charge in [0.25, 0.3) is 0 Å². The van der Waals surface area contributed by atoms with E-state index in [0.717, 1.165) is 27.6 Å². The molecule has 2 rings (SSSR count). The minimum Gasteiger partial charge on any atom is -0.391 e. The Balaban J connectivity index is 2.34. The quantitative estimate of drug-likeness (QED) is 0.912. The maximum atomic E-state index is 9.33. The topological polar surface area (TPSA) is 33.1 Å². The lowest BCUT2D eigenvalue weighted by Crippen LogP contribution is -2.10. The van der Waals surface area contributed by atoms with E-state index in [0.29, 0.717) is 0 Å². The van der Waals surface area contributed by atoms with E-state index < -0.39 is 0 Å². The molecule has 19 heavy (non-hydrogen) atoms. The van der Waals surface area contributed by atoms with Crippen molar-refractivity contribution in [3.8, 4) is 10.6 Å². The zero-order chi connectivity index (χ0) is 14.0. The number of aliphatic hydroxyl groups excluding tert-OH is 1. The first kappa shape index (κ1) is 14.2. The summed E-state index contributed by atoms with van der Waals surface area (Å²) in [4.78, 5) is 5.60. The van der Waals surface area contributed by atoms with Crippen LogP contribution in [0.3, 0.4) is 0 Å². The second-order valence-corrected chi connectivity index (χ2v) is 6.81. The molecule has 1 aromatic carbocycles. The molecule has 0 bridgehead atoms. The zero-order valence-corrected chi connectivity index (χ0v) is 12.8. The molecule has 0 spiro atoms. The van der Waals surface area contributed by atoms with Crippen molar-refractivity contribution < 1.29 is 5.11 Å². The largest absolute Gasteiger partial charge is 0.391 e. The number of rotatable bonds is 3. The highest BCUT2D eigenvalue weighted by Crippen LogP contribution is 2.30. The van der Waals surface area contributed by atoms with Crippen molar-refractivity contribution in [1.82, 2.24) is 4.98 Å². The lowest BCUT2D eigenvalue weighted by Gasteiger charge is -2.18. The number of aliphatic hydroxyl groups is 1. The molecule has 0 unspecified atom stereocenters. The van der Waals surface area contributed by atoms with E-state index in [9.17, 15) is 5.11 Å². The number of hydrogen-bond acceptors (Lipinski definition) is 3. The van der Waals surface area contributed by atoms with Crippen molar-refractivity contribution in [2.75, 3.05) is 0 Å². The molecule has 0 amide bonds. The summed E-state index contributed by atoms with van der Waals surface area (Å²) in [5, 5.41) is 10.3. The van der Waals surface area contributed by atoms with Crippen LogP contribution in [-0.4, -0.2) is 10.1 Å². The van der Waals surface area contributed by atoms with Crippen molar-refractivity contribution in [3.05, 3.63) is 40.4 Å². The van der Waals surface area contributed by atoms with Crippen LogP contribution in [0.15, 0.2) is 24.3 Å². The fourth-order valence-corrected chi connectivity index (χ4v) is 3.03. The third kappa shape index (κ3) is 3.04. The monoisotopic (exact) mass is 275 g/mol. The van der Waals surface area contributed by atoms with Crippen LogP contribution < -0.4 is 0 Å². The maximum Gasteiger partial charge on any atom is 0.123 e. The van der Waals surface area contributed by atoms with Gasteiger partial charge < -0.3 is 5.11 Å². The average molecular weight is 275 g/mol. The second-order valence-electron chi connectivity index (χ2n) is 5.73. The normalized spacial score (nSPS) is 11.8. The van der Waals surface area contributed by atoms with Crippen LogP contribution in [0.25, 0.3) is 10.6 Å². The third-order valence-electron chi connectivity index (χ3n) is 3.25. The van der Waals surface area contributed by atoms with Gasteiger partial charge in [-0.25, -0.2) is 4.98 Å². The van der Waals surface area contributed by atoms with Gasteiger partial charge in [-0.3, -0.25) is 0 Å². The van der Waals surface area contributed by atoms with Gasteiger partial charge in [0, 0.05) is 5.56 Å². The minimum atomic E-state index is 0.0842. The Hall–Kier alpha value is -1.19.